The maximum Gasteiger partial charge on any atom is 0.338 e. The minimum absolute atomic E-state index is 0.0134. The molecule has 16 heavy (non-hydrogen) atoms. The second-order valence-corrected chi connectivity index (χ2v) is 4.67. The third kappa shape index (κ3) is 2.63. The second-order valence-electron chi connectivity index (χ2n) is 4.67. The number of esters is 1. The summed E-state index contributed by atoms with van der Waals surface area (Å²) in [7, 11) is 1.42. The molecule has 0 unspecified atom stereocenters. The molecule has 0 amide bonds. The lowest BCUT2D eigenvalue weighted by atomic mass is 9.78. The van der Waals surface area contributed by atoms with Crippen LogP contribution >= 0.6 is 0 Å². The van der Waals surface area contributed by atoms with Gasteiger partial charge in [0.1, 0.15) is 0 Å². The van der Waals surface area contributed by atoms with Gasteiger partial charge in [0.2, 0.25) is 0 Å². The average Bonchev–Trinajstić information content (AvgIpc) is 2.28. The molecule has 0 fully saturated rings. The van der Waals surface area contributed by atoms with E-state index >= 15 is 0 Å². The van der Waals surface area contributed by atoms with Crippen LogP contribution in [0, 0.1) is 0 Å². The maximum absolute atomic E-state index is 11.7. The Morgan fingerprint density at radius 2 is 1.94 bits per heavy atom. The van der Waals surface area contributed by atoms with Crippen molar-refractivity contribution in [3.05, 3.63) is 35.4 Å². The smallest absolute Gasteiger partial charge is 0.338 e. The van der Waals surface area contributed by atoms with E-state index in [0.29, 0.717) is 5.56 Å². The molecule has 0 aliphatic rings. The van der Waals surface area contributed by atoms with Crippen LogP contribution in [0.5, 0.6) is 0 Å². The normalized spacial score (nSPS) is 11.2. The van der Waals surface area contributed by atoms with Crippen molar-refractivity contribution in [2.45, 2.75) is 39.0 Å². The van der Waals surface area contributed by atoms with Gasteiger partial charge in [0.25, 0.3) is 0 Å². The van der Waals surface area contributed by atoms with E-state index in [4.69, 9.17) is 4.74 Å². The topological polar surface area (TPSA) is 26.3 Å². The molecule has 1 rings (SSSR count). The Balaban J connectivity index is 3.17. The summed E-state index contributed by atoms with van der Waals surface area (Å²) in [5, 5.41) is 0. The van der Waals surface area contributed by atoms with Crippen LogP contribution in [0.4, 0.5) is 0 Å². The van der Waals surface area contributed by atoms with Crippen molar-refractivity contribution in [3.63, 3.8) is 0 Å². The van der Waals surface area contributed by atoms with Gasteiger partial charge in [-0.3, -0.25) is 0 Å². The molecule has 0 radical (unpaired) electrons. The molecule has 2 nitrogen and oxygen atoms in total. The molecule has 0 saturated carbocycles. The first-order chi connectivity index (χ1) is 7.53. The van der Waals surface area contributed by atoms with Crippen molar-refractivity contribution in [2.24, 2.45) is 0 Å². The molecule has 0 bridgehead atoms. The van der Waals surface area contributed by atoms with Gasteiger partial charge in [-0.1, -0.05) is 45.4 Å². The fourth-order valence-electron chi connectivity index (χ4n) is 2.12. The molecule has 0 aliphatic carbocycles. The second kappa shape index (κ2) is 5.15. The molecule has 0 aromatic heterocycles. The fourth-order valence-corrected chi connectivity index (χ4v) is 2.12. The first-order valence-corrected chi connectivity index (χ1v) is 5.70. The van der Waals surface area contributed by atoms with E-state index in [1.807, 2.05) is 24.3 Å². The van der Waals surface area contributed by atoms with Gasteiger partial charge in [-0.2, -0.15) is 0 Å². The molecule has 0 aliphatic heterocycles. The zero-order valence-corrected chi connectivity index (χ0v) is 10.5. The SMILES string of the molecule is CCCC(C)(C)c1ccccc1C(=O)OC. The zero-order valence-electron chi connectivity index (χ0n) is 10.5. The third-order valence-electron chi connectivity index (χ3n) is 2.94. The lowest BCUT2D eigenvalue weighted by molar-refractivity contribution is 0.0597. The van der Waals surface area contributed by atoms with Crippen LogP contribution in [-0.2, 0) is 10.2 Å². The standard InChI is InChI=1S/C14H20O2/c1-5-10-14(2,3)12-9-7-6-8-11(12)13(15)16-4/h6-9H,5,10H2,1-4H3. The van der Waals surface area contributed by atoms with E-state index in [0.717, 1.165) is 18.4 Å². The van der Waals surface area contributed by atoms with Crippen molar-refractivity contribution < 1.29 is 9.53 Å². The summed E-state index contributed by atoms with van der Waals surface area (Å²) < 4.78 is 4.81. The van der Waals surface area contributed by atoms with Crippen LogP contribution in [0.3, 0.4) is 0 Å². The Morgan fingerprint density at radius 1 is 1.31 bits per heavy atom. The van der Waals surface area contributed by atoms with Gasteiger partial charge in [0, 0.05) is 0 Å². The van der Waals surface area contributed by atoms with Crippen molar-refractivity contribution in [1.29, 1.82) is 0 Å². The van der Waals surface area contributed by atoms with E-state index < -0.39 is 0 Å². The van der Waals surface area contributed by atoms with Crippen LogP contribution in [0.25, 0.3) is 0 Å². The summed E-state index contributed by atoms with van der Waals surface area (Å²) in [5.74, 6) is -0.250. The van der Waals surface area contributed by atoms with Crippen LogP contribution in [0.1, 0.15) is 49.5 Å². The van der Waals surface area contributed by atoms with Crippen LogP contribution < -0.4 is 0 Å². The van der Waals surface area contributed by atoms with Crippen molar-refractivity contribution in [3.8, 4) is 0 Å². The highest BCUT2D eigenvalue weighted by atomic mass is 16.5. The van der Waals surface area contributed by atoms with Gasteiger partial charge >= 0.3 is 5.97 Å². The minimum atomic E-state index is -0.250. The van der Waals surface area contributed by atoms with E-state index in [1.54, 1.807) is 0 Å². The molecule has 2 heteroatoms. The maximum atomic E-state index is 11.7. The summed E-state index contributed by atoms with van der Waals surface area (Å²) in [6, 6.07) is 7.69. The highest BCUT2D eigenvalue weighted by Gasteiger charge is 2.25. The van der Waals surface area contributed by atoms with Crippen molar-refractivity contribution in [1.82, 2.24) is 0 Å². The van der Waals surface area contributed by atoms with Gasteiger partial charge in [0.15, 0.2) is 0 Å². The fraction of sp³-hybridized carbons (Fsp3) is 0.500. The molecule has 0 spiro atoms. The zero-order chi connectivity index (χ0) is 12.2. The Hall–Kier alpha value is -1.31. The largest absolute Gasteiger partial charge is 0.465 e. The summed E-state index contributed by atoms with van der Waals surface area (Å²) in [4.78, 5) is 11.7. The van der Waals surface area contributed by atoms with E-state index in [-0.39, 0.29) is 11.4 Å². The van der Waals surface area contributed by atoms with Crippen molar-refractivity contribution in [2.75, 3.05) is 7.11 Å². The highest BCUT2D eigenvalue weighted by molar-refractivity contribution is 5.91. The number of ether oxygens (including phenoxy) is 1. The molecule has 0 N–H and O–H groups in total. The third-order valence-corrected chi connectivity index (χ3v) is 2.94. The highest BCUT2D eigenvalue weighted by Crippen LogP contribution is 2.31. The molecule has 1 aromatic rings. The number of hydrogen-bond donors (Lipinski definition) is 0. The van der Waals surface area contributed by atoms with Gasteiger partial charge in [0.05, 0.1) is 12.7 Å². The van der Waals surface area contributed by atoms with E-state index in [9.17, 15) is 4.79 Å². The number of hydrogen-bond acceptors (Lipinski definition) is 2. The van der Waals surface area contributed by atoms with Crippen molar-refractivity contribution >= 4 is 5.97 Å². The Labute approximate surface area is 97.6 Å². The van der Waals surface area contributed by atoms with Crippen LogP contribution in [-0.4, -0.2) is 13.1 Å². The molecule has 1 aromatic carbocycles. The summed E-state index contributed by atoms with van der Waals surface area (Å²) in [6.45, 7) is 6.49. The minimum Gasteiger partial charge on any atom is -0.465 e. The van der Waals surface area contributed by atoms with Gasteiger partial charge in [-0.25, -0.2) is 4.79 Å². The number of methoxy groups -OCH3 is 1. The molecular weight excluding hydrogens is 200 g/mol. The number of carbonyl (C=O) groups is 1. The first-order valence-electron chi connectivity index (χ1n) is 5.70. The molecule has 0 atom stereocenters. The lowest BCUT2D eigenvalue weighted by Gasteiger charge is -2.26. The number of carbonyl (C=O) groups excluding carboxylic acids is 1. The summed E-state index contributed by atoms with van der Waals surface area (Å²) in [5.41, 5.74) is 1.77. The van der Waals surface area contributed by atoms with Gasteiger partial charge in [-0.15, -0.1) is 0 Å². The molecule has 0 saturated heterocycles. The molecule has 88 valence electrons. The number of rotatable bonds is 4. The van der Waals surface area contributed by atoms with Gasteiger partial charge in [-0.05, 0) is 23.5 Å². The predicted octanol–water partition coefficient (Wildman–Crippen LogP) is 3.55. The van der Waals surface area contributed by atoms with E-state index in [1.165, 1.54) is 7.11 Å². The number of benzene rings is 1. The Bertz CT molecular complexity index is 367. The molecule has 0 heterocycles. The monoisotopic (exact) mass is 220 g/mol. The Kier molecular flexibility index (Phi) is 4.11. The van der Waals surface area contributed by atoms with E-state index in [2.05, 4.69) is 20.8 Å². The summed E-state index contributed by atoms with van der Waals surface area (Å²) >= 11 is 0. The van der Waals surface area contributed by atoms with Crippen LogP contribution in [0.2, 0.25) is 0 Å². The Morgan fingerprint density at radius 3 is 2.50 bits per heavy atom. The van der Waals surface area contributed by atoms with Gasteiger partial charge < -0.3 is 4.74 Å². The quantitative estimate of drug-likeness (QED) is 0.725. The molecular formula is C14H20O2. The van der Waals surface area contributed by atoms with Crippen LogP contribution in [0.15, 0.2) is 24.3 Å². The predicted molar refractivity (Wildman–Crippen MR) is 65.7 cm³/mol. The summed E-state index contributed by atoms with van der Waals surface area (Å²) in [6.07, 6.45) is 2.16. The lowest BCUT2D eigenvalue weighted by Crippen LogP contribution is -2.21. The average molecular weight is 220 g/mol. The first kappa shape index (κ1) is 12.8.